The van der Waals surface area contributed by atoms with Gasteiger partial charge in [-0.05, 0) is 69.6 Å². The summed E-state index contributed by atoms with van der Waals surface area (Å²) in [4.78, 5) is 8.72. The van der Waals surface area contributed by atoms with Gasteiger partial charge in [0.25, 0.3) is 0 Å². The van der Waals surface area contributed by atoms with Crippen molar-refractivity contribution < 1.29 is 31.1 Å². The summed E-state index contributed by atoms with van der Waals surface area (Å²) in [5.74, 6) is 0.742. The van der Waals surface area contributed by atoms with Gasteiger partial charge < -0.3 is 10.0 Å². The molecule has 49 heavy (non-hydrogen) atoms. The fourth-order valence-corrected chi connectivity index (χ4v) is 9.13. The summed E-state index contributed by atoms with van der Waals surface area (Å²) in [5, 5.41) is 16.0. The second kappa shape index (κ2) is 15.4. The third kappa shape index (κ3) is 9.03. The third-order valence-corrected chi connectivity index (χ3v) is 12.1. The summed E-state index contributed by atoms with van der Waals surface area (Å²) < 4.78 is 84.4. The molecular weight excluding hydrogens is 681 g/mol. The Morgan fingerprint density at radius 2 is 1.84 bits per heavy atom. The highest BCUT2D eigenvalue weighted by molar-refractivity contribution is 7.99. The van der Waals surface area contributed by atoms with Gasteiger partial charge in [0.15, 0.2) is 0 Å². The Hall–Kier alpha value is -2.56. The zero-order valence-corrected chi connectivity index (χ0v) is 29.3. The lowest BCUT2D eigenvalue weighted by Gasteiger charge is -2.33. The van der Waals surface area contributed by atoms with Crippen LogP contribution in [-0.2, 0) is 35.7 Å². The van der Waals surface area contributed by atoms with Gasteiger partial charge in [0.2, 0.25) is 10.0 Å². The Kier molecular flexibility index (Phi) is 11.4. The zero-order chi connectivity index (χ0) is 34.8. The van der Waals surface area contributed by atoms with Crippen molar-refractivity contribution in [2.45, 2.75) is 74.5 Å². The number of nitrogens with zero attached hydrogens (tertiary/aromatic N) is 6. The number of aliphatic hydroxyl groups is 1. The maximum atomic E-state index is 14.1. The number of benzene rings is 1. The van der Waals surface area contributed by atoms with Gasteiger partial charge in [-0.2, -0.15) is 22.6 Å². The number of piperidine rings is 2. The minimum atomic E-state index is -4.57. The number of hydrogen-bond acceptors (Lipinski definition) is 8. The Morgan fingerprint density at radius 1 is 1.04 bits per heavy atom. The van der Waals surface area contributed by atoms with Crippen molar-refractivity contribution in [2.75, 3.05) is 57.8 Å². The number of aromatic nitrogens is 3. The van der Waals surface area contributed by atoms with E-state index >= 15 is 0 Å². The van der Waals surface area contributed by atoms with E-state index in [1.165, 1.54) is 16.4 Å². The summed E-state index contributed by atoms with van der Waals surface area (Å²) in [7, 11) is -3.53. The molecule has 2 saturated heterocycles. The van der Waals surface area contributed by atoms with E-state index in [1.54, 1.807) is 4.68 Å². The molecule has 6 rings (SSSR count). The van der Waals surface area contributed by atoms with Gasteiger partial charge in [0, 0.05) is 84.4 Å². The molecule has 0 amide bonds. The highest BCUT2D eigenvalue weighted by Gasteiger charge is 2.35. The number of pyridine rings is 1. The van der Waals surface area contributed by atoms with Crippen molar-refractivity contribution in [1.82, 2.24) is 28.9 Å². The molecule has 2 aromatic heterocycles. The maximum Gasteiger partial charge on any atom is 0.417 e. The van der Waals surface area contributed by atoms with E-state index < -0.39 is 34.0 Å². The first-order valence-corrected chi connectivity index (χ1v) is 19.7. The van der Waals surface area contributed by atoms with Gasteiger partial charge in [-0.3, -0.25) is 14.6 Å². The first-order chi connectivity index (χ1) is 23.3. The Morgan fingerprint density at radius 3 is 2.53 bits per heavy atom. The van der Waals surface area contributed by atoms with Gasteiger partial charge in [-0.25, -0.2) is 12.8 Å². The molecule has 15 heteroatoms. The molecule has 3 aliphatic heterocycles. The minimum absolute atomic E-state index is 0.0451. The van der Waals surface area contributed by atoms with Crippen LogP contribution < -0.4 is 0 Å². The molecule has 1 unspecified atom stereocenters. The average Bonchev–Trinajstić information content (AvgIpc) is 3.42. The average molecular weight is 725 g/mol. The molecule has 0 aliphatic carbocycles. The van der Waals surface area contributed by atoms with Crippen LogP contribution in [0.5, 0.6) is 0 Å². The highest BCUT2D eigenvalue weighted by Crippen LogP contribution is 2.40. The molecule has 0 bridgehead atoms. The number of aliphatic hydroxyl groups excluding tert-OH is 1. The molecule has 3 aliphatic rings. The van der Waals surface area contributed by atoms with Gasteiger partial charge in [0.1, 0.15) is 6.17 Å². The molecule has 5 heterocycles. The van der Waals surface area contributed by atoms with E-state index in [-0.39, 0.29) is 24.5 Å². The van der Waals surface area contributed by atoms with Gasteiger partial charge in [-0.1, -0.05) is 12.1 Å². The summed E-state index contributed by atoms with van der Waals surface area (Å²) >= 11 is 1.08. The van der Waals surface area contributed by atoms with Crippen LogP contribution in [0.2, 0.25) is 0 Å². The number of hydrogen-bond donors (Lipinski definition) is 1. The van der Waals surface area contributed by atoms with Crippen LogP contribution in [0.15, 0.2) is 47.5 Å². The third-order valence-electron chi connectivity index (χ3n) is 9.79. The lowest BCUT2D eigenvalue weighted by Crippen LogP contribution is -2.40. The van der Waals surface area contributed by atoms with Crippen LogP contribution in [-0.4, -0.2) is 112 Å². The fourth-order valence-electron chi connectivity index (χ4n) is 7.23. The summed E-state index contributed by atoms with van der Waals surface area (Å²) in [5.41, 5.74) is 2.62. The molecule has 2 atom stereocenters. The topological polar surface area (TPSA) is 94.8 Å². The smallest absolute Gasteiger partial charge is 0.390 e. The predicted octanol–water partition coefficient (Wildman–Crippen LogP) is 5.05. The van der Waals surface area contributed by atoms with Crippen LogP contribution >= 0.6 is 11.8 Å². The van der Waals surface area contributed by atoms with Crippen LogP contribution in [0.3, 0.4) is 0 Å². The van der Waals surface area contributed by atoms with E-state index in [1.807, 2.05) is 29.3 Å². The van der Waals surface area contributed by atoms with Crippen LogP contribution in [0, 0.1) is 0 Å². The molecule has 268 valence electrons. The van der Waals surface area contributed by atoms with Crippen molar-refractivity contribution in [2.24, 2.45) is 0 Å². The first kappa shape index (κ1) is 36.2. The number of alkyl halides is 4. The summed E-state index contributed by atoms with van der Waals surface area (Å²) in [6.45, 7) is 4.04. The second-order valence-electron chi connectivity index (χ2n) is 13.4. The van der Waals surface area contributed by atoms with E-state index in [4.69, 9.17) is 5.10 Å². The Balaban J connectivity index is 1.21. The second-order valence-corrected chi connectivity index (χ2v) is 16.5. The SMILES string of the molecule is CS(=O)(=O)N1CCc2c(c(-c3ccc(C(F)(F)F)c(SCCN4CCCC(F)C4)c3)nn2C[C@@H](O)CN2CCC(c3ccccn3)CC2)C1. The van der Waals surface area contributed by atoms with Crippen molar-refractivity contribution in [3.8, 4) is 11.3 Å². The van der Waals surface area contributed by atoms with Crippen LogP contribution in [0.4, 0.5) is 17.6 Å². The number of thioether (sulfide) groups is 1. The zero-order valence-electron chi connectivity index (χ0n) is 27.7. The van der Waals surface area contributed by atoms with E-state index in [2.05, 4.69) is 9.88 Å². The number of sulfonamides is 1. The van der Waals surface area contributed by atoms with Gasteiger partial charge >= 0.3 is 6.18 Å². The molecule has 1 N–H and O–H groups in total. The summed E-state index contributed by atoms with van der Waals surface area (Å²) in [6.07, 6.45) is 0.198. The maximum absolute atomic E-state index is 14.1. The largest absolute Gasteiger partial charge is 0.417 e. The molecule has 9 nitrogen and oxygen atoms in total. The van der Waals surface area contributed by atoms with Gasteiger partial charge in [-0.15, -0.1) is 11.8 Å². The van der Waals surface area contributed by atoms with Gasteiger partial charge in [0.05, 0.1) is 30.2 Å². The number of rotatable bonds is 11. The van der Waals surface area contributed by atoms with Crippen molar-refractivity contribution in [3.63, 3.8) is 0 Å². The predicted molar refractivity (Wildman–Crippen MR) is 182 cm³/mol. The number of β-amino-alcohol motifs (C(OH)–C–C–N with tert-alkyl or cyclic N) is 1. The van der Waals surface area contributed by atoms with Crippen molar-refractivity contribution in [1.29, 1.82) is 0 Å². The first-order valence-electron chi connectivity index (χ1n) is 16.9. The fraction of sp³-hybridized carbons (Fsp3) is 0.588. The Labute approximate surface area is 289 Å². The molecular formula is C34H44F4N6O3S2. The van der Waals surface area contributed by atoms with Crippen molar-refractivity contribution in [3.05, 3.63) is 65.1 Å². The standard InChI is InChI=1S/C34H44F4N6O3S2/c1-49(46,47)43-16-11-31-28(23-43)33(40-44(31)22-27(45)21-42-14-9-24(10-15-42)30-6-2-3-12-39-30)25-7-8-29(34(36,37)38)32(19-25)48-18-17-41-13-4-5-26(35)20-41/h2-3,6-8,12,19,24,26-27,45H,4-5,9-11,13-18,20-23H2,1H3/t26?,27-/m0/s1. The Bertz CT molecular complexity index is 1680. The molecule has 3 aromatic rings. The van der Waals surface area contributed by atoms with E-state index in [0.717, 1.165) is 74.4 Å². The lowest BCUT2D eigenvalue weighted by molar-refractivity contribution is -0.139. The monoisotopic (exact) mass is 724 g/mol. The molecule has 0 radical (unpaired) electrons. The molecule has 0 saturated carbocycles. The normalized spacial score (nSPS) is 21.1. The quantitative estimate of drug-likeness (QED) is 0.217. The summed E-state index contributed by atoms with van der Waals surface area (Å²) in [6, 6.07) is 9.88. The van der Waals surface area contributed by atoms with Crippen LogP contribution in [0.1, 0.15) is 54.1 Å². The number of fused-ring (bicyclic) bond motifs is 1. The molecule has 1 aromatic carbocycles. The molecule has 0 spiro atoms. The van der Waals surface area contributed by atoms with E-state index in [0.29, 0.717) is 61.0 Å². The minimum Gasteiger partial charge on any atom is -0.390 e. The van der Waals surface area contributed by atoms with Crippen molar-refractivity contribution >= 4 is 21.8 Å². The van der Waals surface area contributed by atoms with Crippen LogP contribution in [0.25, 0.3) is 11.3 Å². The lowest BCUT2D eigenvalue weighted by atomic mass is 9.93. The highest BCUT2D eigenvalue weighted by atomic mass is 32.2. The number of likely N-dealkylation sites (tertiary alicyclic amines) is 2. The molecule has 2 fully saturated rings. The number of halogens is 4. The van der Waals surface area contributed by atoms with E-state index in [9.17, 15) is 31.1 Å².